The van der Waals surface area contributed by atoms with Gasteiger partial charge in [0, 0.05) is 25.0 Å². The molecule has 2 aromatic rings. The van der Waals surface area contributed by atoms with Crippen LogP contribution in [0.5, 0.6) is 0 Å². The Morgan fingerprint density at radius 2 is 1.93 bits per heavy atom. The van der Waals surface area contributed by atoms with Gasteiger partial charge >= 0.3 is 0 Å². The molecular weight excluding hydrogens is 184 g/mol. The van der Waals surface area contributed by atoms with Crippen LogP contribution in [-0.2, 0) is 13.1 Å². The molecule has 0 spiro atoms. The lowest BCUT2D eigenvalue weighted by atomic mass is 10.1. The summed E-state index contributed by atoms with van der Waals surface area (Å²) in [6.45, 7) is 3.96. The third-order valence-electron chi connectivity index (χ3n) is 2.55. The highest BCUT2D eigenvalue weighted by Crippen LogP contribution is 2.06. The summed E-state index contributed by atoms with van der Waals surface area (Å²) in [6.07, 6.45) is 1.95. The zero-order valence-electron chi connectivity index (χ0n) is 8.96. The van der Waals surface area contributed by atoms with E-state index in [1.54, 1.807) is 0 Å². The van der Waals surface area contributed by atoms with Crippen LogP contribution in [0, 0.1) is 6.92 Å². The minimum Gasteiger partial charge on any atom is -0.364 e. The van der Waals surface area contributed by atoms with E-state index in [9.17, 15) is 0 Å². The molecule has 0 saturated carbocycles. The van der Waals surface area contributed by atoms with Gasteiger partial charge in [0.2, 0.25) is 0 Å². The fraction of sp³-hybridized carbons (Fsp3) is 0.231. The van der Waals surface area contributed by atoms with Gasteiger partial charge in [0.05, 0.1) is 0 Å². The van der Waals surface area contributed by atoms with Crippen molar-refractivity contribution in [1.82, 2.24) is 10.3 Å². The van der Waals surface area contributed by atoms with Crippen LogP contribution in [0.15, 0.2) is 42.6 Å². The van der Waals surface area contributed by atoms with Crippen molar-refractivity contribution in [3.8, 4) is 0 Å². The quantitative estimate of drug-likeness (QED) is 0.780. The zero-order chi connectivity index (χ0) is 10.5. The van der Waals surface area contributed by atoms with Crippen LogP contribution in [0.3, 0.4) is 0 Å². The summed E-state index contributed by atoms with van der Waals surface area (Å²) in [5, 5.41) is 3.41. The summed E-state index contributed by atoms with van der Waals surface area (Å²) in [4.78, 5) is 3.18. The first-order valence-corrected chi connectivity index (χ1v) is 5.24. The molecule has 1 aromatic heterocycles. The molecule has 1 aromatic carbocycles. The maximum absolute atomic E-state index is 3.41. The second kappa shape index (κ2) is 4.80. The summed E-state index contributed by atoms with van der Waals surface area (Å²) in [7, 11) is 0. The lowest BCUT2D eigenvalue weighted by Crippen LogP contribution is -2.13. The molecule has 0 bridgehead atoms. The SMILES string of the molecule is Cc1ccccc1CNCc1ccc[nH]1. The molecule has 15 heavy (non-hydrogen) atoms. The first-order valence-electron chi connectivity index (χ1n) is 5.24. The van der Waals surface area contributed by atoms with Crippen molar-refractivity contribution >= 4 is 0 Å². The summed E-state index contributed by atoms with van der Waals surface area (Å²) >= 11 is 0. The molecule has 0 aliphatic rings. The lowest BCUT2D eigenvalue weighted by Gasteiger charge is -2.06. The van der Waals surface area contributed by atoms with E-state index in [0.717, 1.165) is 13.1 Å². The fourth-order valence-electron chi connectivity index (χ4n) is 1.62. The van der Waals surface area contributed by atoms with Gasteiger partial charge in [-0.1, -0.05) is 24.3 Å². The van der Waals surface area contributed by atoms with Crippen LogP contribution in [-0.4, -0.2) is 4.98 Å². The van der Waals surface area contributed by atoms with Gasteiger partial charge in [-0.2, -0.15) is 0 Å². The molecule has 78 valence electrons. The fourth-order valence-corrected chi connectivity index (χ4v) is 1.62. The van der Waals surface area contributed by atoms with Gasteiger partial charge in [0.15, 0.2) is 0 Å². The van der Waals surface area contributed by atoms with E-state index in [4.69, 9.17) is 0 Å². The van der Waals surface area contributed by atoms with E-state index in [0.29, 0.717) is 0 Å². The summed E-state index contributed by atoms with van der Waals surface area (Å²) < 4.78 is 0. The molecule has 2 rings (SSSR count). The molecule has 0 unspecified atom stereocenters. The van der Waals surface area contributed by atoms with Crippen molar-refractivity contribution < 1.29 is 0 Å². The Labute approximate surface area is 90.3 Å². The normalized spacial score (nSPS) is 10.5. The Hall–Kier alpha value is -1.54. The van der Waals surface area contributed by atoms with Crippen molar-refractivity contribution in [2.75, 3.05) is 0 Å². The molecule has 0 fully saturated rings. The summed E-state index contributed by atoms with van der Waals surface area (Å²) in [6, 6.07) is 12.6. The van der Waals surface area contributed by atoms with E-state index in [2.05, 4.69) is 47.6 Å². The highest BCUT2D eigenvalue weighted by atomic mass is 14.9. The average molecular weight is 200 g/mol. The lowest BCUT2D eigenvalue weighted by molar-refractivity contribution is 0.680. The topological polar surface area (TPSA) is 27.8 Å². The Balaban J connectivity index is 1.86. The average Bonchev–Trinajstić information content (AvgIpc) is 2.74. The highest BCUT2D eigenvalue weighted by molar-refractivity contribution is 5.25. The van der Waals surface area contributed by atoms with Gasteiger partial charge in [0.1, 0.15) is 0 Å². The molecule has 0 amide bonds. The number of H-pyrrole nitrogens is 1. The maximum Gasteiger partial charge on any atom is 0.0360 e. The van der Waals surface area contributed by atoms with Gasteiger partial charge in [0.25, 0.3) is 0 Å². The standard InChI is InChI=1S/C13H16N2/c1-11-5-2-3-6-12(11)9-14-10-13-7-4-8-15-13/h2-8,14-15H,9-10H2,1H3. The molecule has 2 nitrogen and oxygen atoms in total. The predicted molar refractivity (Wildman–Crippen MR) is 62.5 cm³/mol. The van der Waals surface area contributed by atoms with E-state index in [1.807, 2.05) is 12.3 Å². The second-order valence-corrected chi connectivity index (χ2v) is 3.73. The van der Waals surface area contributed by atoms with Crippen molar-refractivity contribution in [3.05, 3.63) is 59.4 Å². The van der Waals surface area contributed by atoms with Gasteiger partial charge < -0.3 is 10.3 Å². The van der Waals surface area contributed by atoms with Crippen LogP contribution in [0.1, 0.15) is 16.8 Å². The monoisotopic (exact) mass is 200 g/mol. The number of benzene rings is 1. The molecular formula is C13H16N2. The summed E-state index contributed by atoms with van der Waals surface area (Å²) in [5.74, 6) is 0. The van der Waals surface area contributed by atoms with Gasteiger partial charge in [-0.3, -0.25) is 0 Å². The van der Waals surface area contributed by atoms with E-state index < -0.39 is 0 Å². The molecule has 2 N–H and O–H groups in total. The minimum atomic E-state index is 0.890. The van der Waals surface area contributed by atoms with Crippen molar-refractivity contribution in [3.63, 3.8) is 0 Å². The van der Waals surface area contributed by atoms with E-state index in [-0.39, 0.29) is 0 Å². The molecule has 0 radical (unpaired) electrons. The molecule has 0 atom stereocenters. The number of aryl methyl sites for hydroxylation is 1. The first kappa shape index (κ1) is 9.99. The number of hydrogen-bond acceptors (Lipinski definition) is 1. The zero-order valence-corrected chi connectivity index (χ0v) is 8.96. The third-order valence-corrected chi connectivity index (χ3v) is 2.55. The van der Waals surface area contributed by atoms with E-state index >= 15 is 0 Å². The molecule has 0 saturated heterocycles. The molecule has 1 heterocycles. The number of aromatic amines is 1. The highest BCUT2D eigenvalue weighted by Gasteiger charge is 1.96. The molecule has 0 aliphatic heterocycles. The van der Waals surface area contributed by atoms with Crippen LogP contribution >= 0.6 is 0 Å². The van der Waals surface area contributed by atoms with Gasteiger partial charge in [-0.25, -0.2) is 0 Å². The van der Waals surface area contributed by atoms with Crippen LogP contribution < -0.4 is 5.32 Å². The Morgan fingerprint density at radius 1 is 1.07 bits per heavy atom. The number of nitrogens with one attached hydrogen (secondary N) is 2. The predicted octanol–water partition coefficient (Wildman–Crippen LogP) is 2.61. The van der Waals surface area contributed by atoms with Gasteiger partial charge in [-0.15, -0.1) is 0 Å². The summed E-state index contributed by atoms with van der Waals surface area (Å²) in [5.41, 5.74) is 3.93. The van der Waals surface area contributed by atoms with Gasteiger partial charge in [-0.05, 0) is 30.2 Å². The van der Waals surface area contributed by atoms with Crippen molar-refractivity contribution in [2.45, 2.75) is 20.0 Å². The number of hydrogen-bond donors (Lipinski definition) is 2. The first-order chi connectivity index (χ1) is 7.36. The maximum atomic E-state index is 3.41. The van der Waals surface area contributed by atoms with Crippen molar-refractivity contribution in [2.24, 2.45) is 0 Å². The Bertz CT molecular complexity index is 404. The van der Waals surface area contributed by atoms with Crippen molar-refractivity contribution in [1.29, 1.82) is 0 Å². The molecule has 2 heteroatoms. The molecule has 0 aliphatic carbocycles. The van der Waals surface area contributed by atoms with E-state index in [1.165, 1.54) is 16.8 Å². The largest absolute Gasteiger partial charge is 0.364 e. The van der Waals surface area contributed by atoms with Crippen LogP contribution in [0.4, 0.5) is 0 Å². The Morgan fingerprint density at radius 3 is 2.67 bits per heavy atom. The number of aromatic nitrogens is 1. The third kappa shape index (κ3) is 2.70. The second-order valence-electron chi connectivity index (χ2n) is 3.73. The van der Waals surface area contributed by atoms with Crippen LogP contribution in [0.25, 0.3) is 0 Å². The Kier molecular flexibility index (Phi) is 3.20. The number of rotatable bonds is 4. The minimum absolute atomic E-state index is 0.890. The smallest absolute Gasteiger partial charge is 0.0360 e. The van der Waals surface area contributed by atoms with Crippen LogP contribution in [0.2, 0.25) is 0 Å².